The molecule has 2 heteroatoms. The van der Waals surface area contributed by atoms with Crippen molar-refractivity contribution in [3.8, 4) is 0 Å². The van der Waals surface area contributed by atoms with Gasteiger partial charge in [-0.3, -0.25) is 0 Å². The smallest absolute Gasteiger partial charge is 0.0871 e. The van der Waals surface area contributed by atoms with Gasteiger partial charge in [-0.25, -0.2) is 0 Å². The fraction of sp³-hybridized carbons (Fsp3) is 0.556. The molecule has 2 nitrogen and oxygen atoms in total. The van der Waals surface area contributed by atoms with Crippen LogP contribution in [0.2, 0.25) is 0 Å². The van der Waals surface area contributed by atoms with Gasteiger partial charge in [0.15, 0.2) is 0 Å². The monoisotopic (exact) mass is 396 g/mol. The van der Waals surface area contributed by atoms with E-state index in [1.165, 1.54) is 82.0 Å². The van der Waals surface area contributed by atoms with Crippen molar-refractivity contribution in [2.75, 3.05) is 13.1 Å². The van der Waals surface area contributed by atoms with Crippen molar-refractivity contribution in [2.24, 2.45) is 0 Å². The van der Waals surface area contributed by atoms with Gasteiger partial charge >= 0.3 is 0 Å². The van der Waals surface area contributed by atoms with E-state index in [4.69, 9.17) is 0 Å². The fourth-order valence-corrected chi connectivity index (χ4v) is 4.12. The van der Waals surface area contributed by atoms with Gasteiger partial charge in [0, 0.05) is 12.8 Å². The molecule has 160 valence electrons. The lowest BCUT2D eigenvalue weighted by atomic mass is 10.1. The Morgan fingerprint density at radius 1 is 0.517 bits per heavy atom. The highest BCUT2D eigenvalue weighted by Gasteiger charge is 2.06. The highest BCUT2D eigenvalue weighted by molar-refractivity contribution is 5.15. The summed E-state index contributed by atoms with van der Waals surface area (Å²) in [7, 11) is 0. The topological polar surface area (TPSA) is 33.2 Å². The van der Waals surface area contributed by atoms with E-state index in [0.717, 1.165) is 0 Å². The summed E-state index contributed by atoms with van der Waals surface area (Å²) < 4.78 is 0. The molecule has 2 rings (SSSR count). The molecule has 2 aromatic rings. The molecule has 0 aliphatic carbocycles. The zero-order valence-corrected chi connectivity index (χ0v) is 18.9. The average Bonchev–Trinajstić information content (AvgIpc) is 2.73. The molecule has 0 saturated carbocycles. The maximum Gasteiger partial charge on any atom is 0.0871 e. The molecule has 29 heavy (non-hydrogen) atoms. The maximum absolute atomic E-state index is 2.53. The molecule has 2 atom stereocenters. The molecular weight excluding hydrogens is 352 g/mol. The molecule has 0 aromatic heterocycles. The first kappa shape index (κ1) is 23.6. The maximum atomic E-state index is 2.53. The molecule has 0 radical (unpaired) electrons. The largest absolute Gasteiger partial charge is 0.344 e. The summed E-state index contributed by atoms with van der Waals surface area (Å²) in [6.45, 7) is 7.26. The molecule has 0 saturated heterocycles. The second-order valence-corrected chi connectivity index (χ2v) is 8.86. The Bertz CT molecular complexity index is 555. The van der Waals surface area contributed by atoms with Crippen LogP contribution in [0.25, 0.3) is 0 Å². The van der Waals surface area contributed by atoms with Crippen molar-refractivity contribution in [3.63, 3.8) is 0 Å². The summed E-state index contributed by atoms with van der Waals surface area (Å²) in [6, 6.07) is 23.1. The van der Waals surface area contributed by atoms with E-state index in [0.29, 0.717) is 12.1 Å². The lowest BCUT2D eigenvalue weighted by molar-refractivity contribution is -0.686. The fourth-order valence-electron chi connectivity index (χ4n) is 4.12. The summed E-state index contributed by atoms with van der Waals surface area (Å²) >= 11 is 0. The van der Waals surface area contributed by atoms with Gasteiger partial charge in [0.1, 0.15) is 0 Å². The van der Waals surface area contributed by atoms with Gasteiger partial charge in [-0.1, -0.05) is 79.9 Å². The van der Waals surface area contributed by atoms with Crippen LogP contribution in [0.5, 0.6) is 0 Å². The highest BCUT2D eigenvalue weighted by atomic mass is 14.9. The van der Waals surface area contributed by atoms with E-state index < -0.39 is 0 Å². The zero-order valence-electron chi connectivity index (χ0n) is 18.9. The van der Waals surface area contributed by atoms with Gasteiger partial charge in [0.2, 0.25) is 0 Å². The first-order valence-corrected chi connectivity index (χ1v) is 12.0. The quantitative estimate of drug-likeness (QED) is 0.401. The standard InChI is InChI=1S/C27H42N2/c1-24(22-26-16-10-8-11-17-26)28-20-14-6-4-3-5-7-15-21-29-25(2)23-27-18-12-9-13-19-27/h8-13,16-19,24-25,28-29H,3-7,14-15,20-23H2,1-2H3/p+2/t24-,25-/m0/s1. The minimum absolute atomic E-state index is 0.693. The van der Waals surface area contributed by atoms with Crippen LogP contribution in [0.15, 0.2) is 60.7 Å². The van der Waals surface area contributed by atoms with Crippen molar-refractivity contribution in [3.05, 3.63) is 71.8 Å². The van der Waals surface area contributed by atoms with Crippen LogP contribution < -0.4 is 10.6 Å². The van der Waals surface area contributed by atoms with E-state index in [1.54, 1.807) is 0 Å². The molecule has 0 bridgehead atoms. The first-order valence-electron chi connectivity index (χ1n) is 12.0. The number of rotatable bonds is 16. The zero-order chi connectivity index (χ0) is 20.6. The van der Waals surface area contributed by atoms with Crippen molar-refractivity contribution in [2.45, 2.75) is 83.7 Å². The normalized spacial score (nSPS) is 13.3. The molecule has 0 aliphatic heterocycles. The predicted octanol–water partition coefficient (Wildman–Crippen LogP) is 4.11. The lowest BCUT2D eigenvalue weighted by Crippen LogP contribution is -2.89. The van der Waals surface area contributed by atoms with Gasteiger partial charge in [-0.05, 0) is 50.7 Å². The second kappa shape index (κ2) is 15.2. The van der Waals surface area contributed by atoms with Gasteiger partial charge in [-0.2, -0.15) is 0 Å². The Labute approximate surface area is 179 Å². The molecular formula is C27H44N2+2. The third kappa shape index (κ3) is 11.8. The van der Waals surface area contributed by atoms with Gasteiger partial charge < -0.3 is 10.6 Å². The predicted molar refractivity (Wildman–Crippen MR) is 125 cm³/mol. The third-order valence-corrected chi connectivity index (χ3v) is 5.85. The molecule has 0 fully saturated rings. The molecule has 0 amide bonds. The minimum Gasteiger partial charge on any atom is -0.344 e. The summed E-state index contributed by atoms with van der Waals surface area (Å²) in [6.07, 6.45) is 12.1. The number of hydrogen-bond donors (Lipinski definition) is 2. The Morgan fingerprint density at radius 2 is 0.862 bits per heavy atom. The van der Waals surface area contributed by atoms with Crippen molar-refractivity contribution >= 4 is 0 Å². The number of nitrogens with two attached hydrogens (primary N) is 2. The van der Waals surface area contributed by atoms with Gasteiger partial charge in [0.25, 0.3) is 0 Å². The van der Waals surface area contributed by atoms with E-state index >= 15 is 0 Å². The van der Waals surface area contributed by atoms with Gasteiger partial charge in [0.05, 0.1) is 25.2 Å². The summed E-state index contributed by atoms with van der Waals surface area (Å²) in [5.74, 6) is 0. The van der Waals surface area contributed by atoms with Crippen LogP contribution in [0, 0.1) is 0 Å². The first-order chi connectivity index (χ1) is 14.2. The highest BCUT2D eigenvalue weighted by Crippen LogP contribution is 2.06. The Balaban J connectivity index is 1.34. The van der Waals surface area contributed by atoms with Crippen molar-refractivity contribution in [1.29, 1.82) is 0 Å². The van der Waals surface area contributed by atoms with Crippen molar-refractivity contribution < 1.29 is 10.6 Å². The second-order valence-electron chi connectivity index (χ2n) is 8.86. The Kier molecular flexibility index (Phi) is 12.4. The van der Waals surface area contributed by atoms with Gasteiger partial charge in [-0.15, -0.1) is 0 Å². The van der Waals surface area contributed by atoms with Crippen LogP contribution in [0.1, 0.15) is 69.9 Å². The van der Waals surface area contributed by atoms with Crippen LogP contribution in [-0.4, -0.2) is 25.2 Å². The molecule has 0 spiro atoms. The third-order valence-electron chi connectivity index (χ3n) is 5.85. The molecule has 0 aliphatic rings. The number of unbranched alkanes of at least 4 members (excludes halogenated alkanes) is 6. The van der Waals surface area contributed by atoms with Crippen LogP contribution in [0.3, 0.4) is 0 Å². The van der Waals surface area contributed by atoms with E-state index in [9.17, 15) is 0 Å². The SMILES string of the molecule is C[C@@H](Cc1ccccc1)[NH2+]CCCCCCCCC[NH2+][C@@H](C)Cc1ccccc1. The Morgan fingerprint density at radius 3 is 1.24 bits per heavy atom. The summed E-state index contributed by atoms with van der Waals surface area (Å²) in [5, 5.41) is 5.05. The lowest BCUT2D eigenvalue weighted by Gasteiger charge is -2.11. The Hall–Kier alpha value is -1.64. The van der Waals surface area contributed by atoms with Crippen LogP contribution >= 0.6 is 0 Å². The number of hydrogen-bond acceptors (Lipinski definition) is 0. The number of quaternary nitrogens is 2. The van der Waals surface area contributed by atoms with E-state index in [-0.39, 0.29) is 0 Å². The molecule has 4 N–H and O–H groups in total. The molecule has 0 heterocycles. The molecule has 2 aromatic carbocycles. The minimum atomic E-state index is 0.693. The van der Waals surface area contributed by atoms with Crippen LogP contribution in [0.4, 0.5) is 0 Å². The van der Waals surface area contributed by atoms with E-state index in [2.05, 4.69) is 85.1 Å². The summed E-state index contributed by atoms with van der Waals surface area (Å²) in [5.41, 5.74) is 2.92. The average molecular weight is 397 g/mol. The van der Waals surface area contributed by atoms with Crippen LogP contribution in [-0.2, 0) is 12.8 Å². The summed E-state index contributed by atoms with van der Waals surface area (Å²) in [4.78, 5) is 0. The van der Waals surface area contributed by atoms with E-state index in [1.807, 2.05) is 0 Å². The number of benzene rings is 2. The molecule has 0 unspecified atom stereocenters. The van der Waals surface area contributed by atoms with Crippen molar-refractivity contribution in [1.82, 2.24) is 0 Å².